The molecule has 1 aliphatic rings. The van der Waals surface area contributed by atoms with Crippen LogP contribution in [-0.2, 0) is 27.2 Å². The molecule has 0 unspecified atom stereocenters. The number of benzene rings is 3. The Morgan fingerprint density at radius 1 is 0.786 bits per heavy atom. The first-order valence-corrected chi connectivity index (χ1v) is 13.9. The van der Waals surface area contributed by atoms with Crippen LogP contribution in [0.4, 0.5) is 48.2 Å². The van der Waals surface area contributed by atoms with Gasteiger partial charge in [0.05, 0.1) is 26.7 Å². The fourth-order valence-corrected chi connectivity index (χ4v) is 6.06. The normalized spacial score (nSPS) is 16.2. The average molecular weight is 635 g/mol. The van der Waals surface area contributed by atoms with Gasteiger partial charge in [-0.1, -0.05) is 11.6 Å². The lowest BCUT2D eigenvalue weighted by molar-refractivity contribution is -0.138. The van der Waals surface area contributed by atoms with Gasteiger partial charge in [-0.3, -0.25) is 4.79 Å². The summed E-state index contributed by atoms with van der Waals surface area (Å²) in [6.45, 7) is 0.0106. The molecule has 4 rings (SSSR count). The number of nitrogens with one attached hydrogen (secondary N) is 3. The zero-order valence-electron chi connectivity index (χ0n) is 21.2. The third-order valence-electron chi connectivity index (χ3n) is 6.25. The highest BCUT2D eigenvalue weighted by atomic mass is 35.5. The molecule has 1 aliphatic heterocycles. The minimum Gasteiger partial charge on any atom is -0.323 e. The molecule has 16 heteroatoms. The van der Waals surface area contributed by atoms with Gasteiger partial charge in [-0.25, -0.2) is 13.2 Å². The number of amides is 3. The van der Waals surface area contributed by atoms with Crippen LogP contribution in [0.15, 0.2) is 71.6 Å². The van der Waals surface area contributed by atoms with Gasteiger partial charge in [0.2, 0.25) is 15.9 Å². The molecule has 1 fully saturated rings. The molecule has 8 nitrogen and oxygen atoms in total. The van der Waals surface area contributed by atoms with Crippen LogP contribution in [-0.4, -0.2) is 37.2 Å². The number of carbonyl (C=O) groups excluding carboxylic acids is 2. The molecule has 1 saturated heterocycles. The monoisotopic (exact) mass is 634 g/mol. The molecule has 0 aliphatic carbocycles. The van der Waals surface area contributed by atoms with Crippen LogP contribution in [0, 0.1) is 0 Å². The SMILES string of the molecule is O=C(Nc1ccc(C(F)(F)F)cc1)Nc1ccc(S(=O)(=O)N2CCC[C@H]2C(=O)Nc2ccc(C(F)(F)F)cc2Cl)cc1. The number of anilines is 3. The van der Waals surface area contributed by atoms with Crippen LogP contribution in [0.25, 0.3) is 0 Å². The molecular weight excluding hydrogens is 614 g/mol. The van der Waals surface area contributed by atoms with E-state index in [0.29, 0.717) is 12.5 Å². The maximum atomic E-state index is 13.3. The van der Waals surface area contributed by atoms with Gasteiger partial charge >= 0.3 is 18.4 Å². The molecule has 0 bridgehead atoms. The van der Waals surface area contributed by atoms with Crippen molar-refractivity contribution in [1.29, 1.82) is 0 Å². The lowest BCUT2D eigenvalue weighted by Gasteiger charge is -2.24. The number of alkyl halides is 6. The molecule has 42 heavy (non-hydrogen) atoms. The first-order chi connectivity index (χ1) is 19.6. The summed E-state index contributed by atoms with van der Waals surface area (Å²) >= 11 is 5.91. The maximum absolute atomic E-state index is 13.3. The molecular formula is C26H21ClF6N4O4S. The average Bonchev–Trinajstić information content (AvgIpc) is 3.41. The summed E-state index contributed by atoms with van der Waals surface area (Å²) in [6, 6.07) is 9.16. The lowest BCUT2D eigenvalue weighted by atomic mass is 10.1. The van der Waals surface area contributed by atoms with Crippen molar-refractivity contribution in [3.63, 3.8) is 0 Å². The second-order valence-corrected chi connectivity index (χ2v) is 11.4. The van der Waals surface area contributed by atoms with Crippen molar-refractivity contribution in [1.82, 2.24) is 4.31 Å². The number of hydrogen-bond acceptors (Lipinski definition) is 4. The highest BCUT2D eigenvalue weighted by Gasteiger charge is 2.40. The summed E-state index contributed by atoms with van der Waals surface area (Å²) in [5.41, 5.74) is -1.73. The van der Waals surface area contributed by atoms with Gasteiger partial charge in [-0.05, 0) is 79.6 Å². The lowest BCUT2D eigenvalue weighted by Crippen LogP contribution is -2.43. The number of rotatable bonds is 6. The summed E-state index contributed by atoms with van der Waals surface area (Å²) in [5.74, 6) is -0.768. The van der Waals surface area contributed by atoms with Gasteiger partial charge in [0.15, 0.2) is 0 Å². The molecule has 3 N–H and O–H groups in total. The highest BCUT2D eigenvalue weighted by molar-refractivity contribution is 7.89. The standard InChI is InChI=1S/C26H21ClF6N4O4S/c27-20-14-16(26(31,32)33)5-12-21(20)36-23(38)22-2-1-13-37(22)42(40,41)19-10-8-18(9-11-19)35-24(39)34-17-6-3-15(4-7-17)25(28,29)30/h3-12,14,22H,1-2,13H2,(H,36,38)(H2,34,35,39)/t22-/m0/s1. The molecule has 0 radical (unpaired) electrons. The second kappa shape index (κ2) is 11.8. The first kappa shape index (κ1) is 31.1. The summed E-state index contributed by atoms with van der Waals surface area (Å²) in [4.78, 5) is 25.0. The number of hydrogen-bond donors (Lipinski definition) is 3. The quantitative estimate of drug-likeness (QED) is 0.259. The predicted molar refractivity (Wildman–Crippen MR) is 143 cm³/mol. The summed E-state index contributed by atoms with van der Waals surface area (Å²) in [6.07, 6.45) is -8.65. The Labute approximate surface area is 240 Å². The van der Waals surface area contributed by atoms with Gasteiger partial charge in [0, 0.05) is 17.9 Å². The summed E-state index contributed by atoms with van der Waals surface area (Å²) < 4.78 is 104. The third-order valence-corrected chi connectivity index (χ3v) is 8.48. The minimum atomic E-state index is -4.64. The van der Waals surface area contributed by atoms with Crippen molar-refractivity contribution in [3.05, 3.63) is 82.9 Å². The smallest absolute Gasteiger partial charge is 0.323 e. The molecule has 0 aromatic heterocycles. The Morgan fingerprint density at radius 2 is 1.31 bits per heavy atom. The number of nitrogens with zero attached hydrogens (tertiary/aromatic N) is 1. The van der Waals surface area contributed by atoms with E-state index in [1.54, 1.807) is 0 Å². The van der Waals surface area contributed by atoms with Crippen molar-refractivity contribution in [2.75, 3.05) is 22.5 Å². The fourth-order valence-electron chi connectivity index (χ4n) is 4.18. The summed E-state index contributed by atoms with van der Waals surface area (Å²) in [5, 5.41) is 6.81. The zero-order chi connectivity index (χ0) is 30.9. The first-order valence-electron chi connectivity index (χ1n) is 12.1. The number of urea groups is 1. The van der Waals surface area contributed by atoms with Crippen molar-refractivity contribution in [3.8, 4) is 0 Å². The molecule has 1 heterocycles. The minimum absolute atomic E-state index is 0.0106. The Morgan fingerprint density at radius 3 is 1.83 bits per heavy atom. The molecule has 3 aromatic rings. The van der Waals surface area contributed by atoms with Crippen molar-refractivity contribution in [2.45, 2.75) is 36.1 Å². The van der Waals surface area contributed by atoms with Gasteiger partial charge < -0.3 is 16.0 Å². The van der Waals surface area contributed by atoms with E-state index in [2.05, 4.69) is 16.0 Å². The van der Waals surface area contributed by atoms with Gasteiger partial charge in [-0.15, -0.1) is 0 Å². The van der Waals surface area contributed by atoms with Crippen molar-refractivity contribution < 1.29 is 44.3 Å². The van der Waals surface area contributed by atoms with Crippen molar-refractivity contribution >= 4 is 50.6 Å². The highest BCUT2D eigenvalue weighted by Crippen LogP contribution is 2.35. The molecule has 3 amide bonds. The predicted octanol–water partition coefficient (Wildman–Crippen LogP) is 6.81. The molecule has 0 spiro atoms. The topological polar surface area (TPSA) is 108 Å². The Balaban J connectivity index is 1.40. The van der Waals surface area contributed by atoms with E-state index in [4.69, 9.17) is 11.6 Å². The fraction of sp³-hybridized carbons (Fsp3) is 0.231. The van der Waals surface area contributed by atoms with Gasteiger partial charge in [-0.2, -0.15) is 30.6 Å². The Kier molecular flexibility index (Phi) is 8.76. The number of sulfonamides is 1. The van der Waals surface area contributed by atoms with E-state index in [1.165, 1.54) is 24.3 Å². The van der Waals surface area contributed by atoms with E-state index in [9.17, 15) is 44.3 Å². The second-order valence-electron chi connectivity index (χ2n) is 9.13. The molecule has 224 valence electrons. The van der Waals surface area contributed by atoms with E-state index in [0.717, 1.165) is 40.7 Å². The van der Waals surface area contributed by atoms with Crippen LogP contribution in [0.3, 0.4) is 0 Å². The molecule has 0 saturated carbocycles. The van der Waals surface area contributed by atoms with E-state index in [1.807, 2.05) is 0 Å². The molecule has 1 atom stereocenters. The number of halogens is 7. The van der Waals surface area contributed by atoms with Crippen LogP contribution in [0.1, 0.15) is 24.0 Å². The van der Waals surface area contributed by atoms with E-state index < -0.39 is 51.5 Å². The Bertz CT molecular complexity index is 1580. The van der Waals surface area contributed by atoms with Crippen LogP contribution in [0.2, 0.25) is 5.02 Å². The van der Waals surface area contributed by atoms with Crippen LogP contribution < -0.4 is 16.0 Å². The third kappa shape index (κ3) is 7.14. The van der Waals surface area contributed by atoms with E-state index in [-0.39, 0.29) is 39.9 Å². The molecule has 3 aromatic carbocycles. The number of carbonyl (C=O) groups is 2. The summed E-state index contributed by atoms with van der Waals surface area (Å²) in [7, 11) is -4.20. The van der Waals surface area contributed by atoms with Crippen LogP contribution in [0.5, 0.6) is 0 Å². The van der Waals surface area contributed by atoms with Gasteiger partial charge in [0.25, 0.3) is 0 Å². The van der Waals surface area contributed by atoms with E-state index >= 15 is 0 Å². The zero-order valence-corrected chi connectivity index (χ0v) is 22.8. The largest absolute Gasteiger partial charge is 0.416 e. The van der Waals surface area contributed by atoms with Crippen molar-refractivity contribution in [2.24, 2.45) is 0 Å². The Hall–Kier alpha value is -3.82. The van der Waals surface area contributed by atoms with Crippen LogP contribution >= 0.6 is 11.6 Å². The maximum Gasteiger partial charge on any atom is 0.416 e. The van der Waals surface area contributed by atoms with Gasteiger partial charge in [0.1, 0.15) is 6.04 Å².